The second-order valence-electron chi connectivity index (χ2n) is 5.96. The van der Waals surface area contributed by atoms with Gasteiger partial charge in [0.2, 0.25) is 0 Å². The minimum Gasteiger partial charge on any atom is -0.330 e. The van der Waals surface area contributed by atoms with Crippen molar-refractivity contribution in [1.29, 1.82) is 0 Å². The van der Waals surface area contributed by atoms with Gasteiger partial charge in [0.15, 0.2) is 0 Å². The van der Waals surface area contributed by atoms with Gasteiger partial charge in [-0.2, -0.15) is 0 Å². The van der Waals surface area contributed by atoms with Crippen molar-refractivity contribution in [3.63, 3.8) is 0 Å². The number of alkyl halides is 2. The molecule has 2 heterocycles. The van der Waals surface area contributed by atoms with Gasteiger partial charge in [0.1, 0.15) is 6.17 Å². The van der Waals surface area contributed by atoms with Gasteiger partial charge < -0.3 is 10.3 Å². The Kier molecular flexibility index (Phi) is 5.22. The average Bonchev–Trinajstić information content (AvgIpc) is 2.84. The van der Waals surface area contributed by atoms with E-state index in [4.69, 9.17) is 5.73 Å². The molecule has 1 aromatic heterocycles. The van der Waals surface area contributed by atoms with Gasteiger partial charge in [-0.15, -0.1) is 0 Å². The van der Waals surface area contributed by atoms with Crippen molar-refractivity contribution in [2.45, 2.75) is 62.9 Å². The first-order chi connectivity index (χ1) is 9.87. The summed E-state index contributed by atoms with van der Waals surface area (Å²) in [6, 6.07) is 0. The molecule has 4 atom stereocenters. The zero-order chi connectivity index (χ0) is 15.6. The molecule has 2 rings (SSSR count). The number of allylic oxidation sites excluding steroid dienone is 1. The van der Waals surface area contributed by atoms with Crippen molar-refractivity contribution in [1.82, 2.24) is 14.9 Å². The summed E-state index contributed by atoms with van der Waals surface area (Å²) in [5.41, 5.74) is 7.37. The number of hydrogen-bond acceptors (Lipinski definition) is 3. The van der Waals surface area contributed by atoms with Crippen LogP contribution in [0.4, 0.5) is 4.39 Å². The highest BCUT2D eigenvalue weighted by atomic mass is 79.9. The van der Waals surface area contributed by atoms with Crippen molar-refractivity contribution < 1.29 is 4.39 Å². The smallest absolute Gasteiger partial charge is 0.123 e. The fourth-order valence-corrected chi connectivity index (χ4v) is 3.28. The molecule has 0 amide bonds. The van der Waals surface area contributed by atoms with Crippen molar-refractivity contribution in [2.75, 3.05) is 0 Å². The number of hydrogen-bond donors (Lipinski definition) is 2. The number of fused-ring (bicyclic) bond motifs is 1. The summed E-state index contributed by atoms with van der Waals surface area (Å²) in [5.74, 6) is 0. The third-order valence-electron chi connectivity index (χ3n) is 3.95. The highest BCUT2D eigenvalue weighted by molar-refractivity contribution is 9.09. The Balaban J connectivity index is 2.36. The van der Waals surface area contributed by atoms with Gasteiger partial charge in [0.25, 0.3) is 0 Å². The zero-order valence-corrected chi connectivity index (χ0v) is 14.4. The Hall–Kier alpha value is -0.720. The second-order valence-corrected chi connectivity index (χ2v) is 7.40. The van der Waals surface area contributed by atoms with E-state index in [0.29, 0.717) is 13.0 Å². The molecular formula is C15H24BrFN4. The van der Waals surface area contributed by atoms with Crippen LogP contribution in [-0.4, -0.2) is 26.1 Å². The summed E-state index contributed by atoms with van der Waals surface area (Å²) in [6.07, 6.45) is 5.51. The fourth-order valence-electron chi connectivity index (χ4n) is 2.99. The van der Waals surface area contributed by atoms with Gasteiger partial charge in [-0.25, -0.2) is 9.37 Å². The molecule has 0 bridgehead atoms. The molecule has 4 nitrogen and oxygen atoms in total. The van der Waals surface area contributed by atoms with E-state index in [-0.39, 0.29) is 11.0 Å². The van der Waals surface area contributed by atoms with E-state index in [1.165, 1.54) is 0 Å². The van der Waals surface area contributed by atoms with Crippen LogP contribution in [0.25, 0.3) is 0 Å². The van der Waals surface area contributed by atoms with Gasteiger partial charge in [0, 0.05) is 11.4 Å². The molecule has 0 saturated carbocycles. The molecule has 0 radical (unpaired) electrons. The minimum absolute atomic E-state index is 0.113. The Morgan fingerprint density at radius 1 is 1.76 bits per heavy atom. The molecule has 0 aromatic carbocycles. The first kappa shape index (κ1) is 16.6. The summed E-state index contributed by atoms with van der Waals surface area (Å²) in [5, 5.41) is 3.37. The van der Waals surface area contributed by atoms with E-state index in [1.807, 2.05) is 31.4 Å². The van der Waals surface area contributed by atoms with Crippen LogP contribution in [0.2, 0.25) is 0 Å². The third-order valence-corrected chi connectivity index (χ3v) is 4.21. The van der Waals surface area contributed by atoms with E-state index in [0.717, 1.165) is 17.7 Å². The first-order valence-electron chi connectivity index (χ1n) is 7.41. The number of halogens is 2. The minimum atomic E-state index is -0.968. The molecule has 3 N–H and O–H groups in total. The maximum absolute atomic E-state index is 14.7. The summed E-state index contributed by atoms with van der Waals surface area (Å²) in [7, 11) is 0. The maximum atomic E-state index is 14.7. The van der Waals surface area contributed by atoms with Gasteiger partial charge in [-0.05, 0) is 25.8 Å². The number of nitrogens with one attached hydrogen (secondary N) is 1. The molecule has 0 saturated heterocycles. The monoisotopic (exact) mass is 358 g/mol. The van der Waals surface area contributed by atoms with Crippen molar-refractivity contribution >= 4 is 15.9 Å². The molecule has 21 heavy (non-hydrogen) atoms. The lowest BCUT2D eigenvalue weighted by molar-refractivity contribution is 0.226. The van der Waals surface area contributed by atoms with Crippen molar-refractivity contribution in [2.24, 2.45) is 5.73 Å². The van der Waals surface area contributed by atoms with E-state index < -0.39 is 11.7 Å². The second kappa shape index (κ2) is 6.58. The lowest BCUT2D eigenvalue weighted by Crippen LogP contribution is -2.57. The van der Waals surface area contributed by atoms with Gasteiger partial charge in [-0.1, -0.05) is 35.4 Å². The molecule has 1 aliphatic rings. The predicted molar refractivity (Wildman–Crippen MR) is 87.0 cm³/mol. The van der Waals surface area contributed by atoms with Crippen LogP contribution in [0.1, 0.15) is 45.5 Å². The lowest BCUT2D eigenvalue weighted by Gasteiger charge is -2.42. The largest absolute Gasteiger partial charge is 0.330 e. The SMILES string of the molecule is CCC[C@H](F)/C(=C\[C@@H](C)Br)[C@]1(C)Cn2cncc2C(N)N1. The van der Waals surface area contributed by atoms with E-state index in [1.54, 1.807) is 12.5 Å². The summed E-state index contributed by atoms with van der Waals surface area (Å²) in [4.78, 5) is 4.25. The van der Waals surface area contributed by atoms with Crippen LogP contribution >= 0.6 is 15.9 Å². The standard InChI is InChI=1S/C15H24BrFN4/c1-4-5-12(17)11(6-10(2)16)15(3)8-21-9-19-7-13(21)14(18)20-15/h6-7,9-10,12,14,20H,4-5,8,18H2,1-3H3/b11-6+/t10-,12+,14?,15+/m1/s1. The number of imidazole rings is 1. The molecule has 0 aliphatic carbocycles. The number of aromatic nitrogens is 2. The number of rotatable bonds is 5. The maximum Gasteiger partial charge on any atom is 0.123 e. The molecule has 0 spiro atoms. The Bertz CT molecular complexity index is 514. The topological polar surface area (TPSA) is 55.9 Å². The van der Waals surface area contributed by atoms with E-state index in [2.05, 4.69) is 26.2 Å². The summed E-state index contributed by atoms with van der Waals surface area (Å²) >= 11 is 3.50. The Morgan fingerprint density at radius 2 is 2.48 bits per heavy atom. The highest BCUT2D eigenvalue weighted by Crippen LogP contribution is 2.33. The third kappa shape index (κ3) is 3.55. The summed E-state index contributed by atoms with van der Waals surface area (Å²) in [6.45, 7) is 6.64. The van der Waals surface area contributed by atoms with Gasteiger partial charge in [-0.3, -0.25) is 5.32 Å². The molecule has 1 aromatic rings. The zero-order valence-electron chi connectivity index (χ0n) is 12.8. The fraction of sp³-hybridized carbons (Fsp3) is 0.667. The number of nitrogens with two attached hydrogens (primary N) is 1. The molecule has 118 valence electrons. The Labute approximate surface area is 134 Å². The molecule has 6 heteroatoms. The van der Waals surface area contributed by atoms with Crippen LogP contribution in [0, 0.1) is 0 Å². The van der Waals surface area contributed by atoms with Gasteiger partial charge >= 0.3 is 0 Å². The molecule has 1 unspecified atom stereocenters. The van der Waals surface area contributed by atoms with Crippen LogP contribution in [0.3, 0.4) is 0 Å². The predicted octanol–water partition coefficient (Wildman–Crippen LogP) is 3.05. The van der Waals surface area contributed by atoms with Crippen LogP contribution in [0.15, 0.2) is 24.2 Å². The molecular weight excluding hydrogens is 335 g/mol. The normalized spacial score (nSPS) is 29.0. The number of nitrogens with zero attached hydrogens (tertiary/aromatic N) is 2. The first-order valence-corrected chi connectivity index (χ1v) is 8.32. The van der Waals surface area contributed by atoms with Crippen LogP contribution in [-0.2, 0) is 6.54 Å². The van der Waals surface area contributed by atoms with E-state index >= 15 is 0 Å². The molecule has 0 fully saturated rings. The lowest BCUT2D eigenvalue weighted by atomic mass is 9.84. The van der Waals surface area contributed by atoms with Crippen molar-refractivity contribution in [3.05, 3.63) is 29.9 Å². The average molecular weight is 359 g/mol. The van der Waals surface area contributed by atoms with Crippen LogP contribution < -0.4 is 11.1 Å². The quantitative estimate of drug-likeness (QED) is 0.628. The van der Waals surface area contributed by atoms with E-state index in [9.17, 15) is 4.39 Å². The summed E-state index contributed by atoms with van der Waals surface area (Å²) < 4.78 is 16.7. The highest BCUT2D eigenvalue weighted by Gasteiger charge is 2.39. The van der Waals surface area contributed by atoms with Gasteiger partial charge in [0.05, 0.1) is 29.9 Å². The Morgan fingerprint density at radius 3 is 3.10 bits per heavy atom. The molecule has 1 aliphatic heterocycles. The van der Waals surface area contributed by atoms with Crippen molar-refractivity contribution in [3.8, 4) is 0 Å². The van der Waals surface area contributed by atoms with Crippen LogP contribution in [0.5, 0.6) is 0 Å².